The number of nitrogens with zero attached hydrogens (tertiary/aromatic N) is 1. The third-order valence-corrected chi connectivity index (χ3v) is 6.60. The summed E-state index contributed by atoms with van der Waals surface area (Å²) in [6.07, 6.45) is 1.97. The lowest BCUT2D eigenvalue weighted by Gasteiger charge is -2.21. The molecule has 1 heterocycles. The van der Waals surface area contributed by atoms with Gasteiger partial charge in [-0.1, -0.05) is 57.5 Å². The summed E-state index contributed by atoms with van der Waals surface area (Å²) in [5.41, 5.74) is 8.84. The number of aryl methyl sites for hydroxylation is 4. The monoisotopic (exact) mass is 479 g/mol. The zero-order chi connectivity index (χ0) is 25.0. The minimum absolute atomic E-state index is 0.0458. The summed E-state index contributed by atoms with van der Waals surface area (Å²) in [6.45, 7) is 17.2. The Labute approximate surface area is 210 Å². The molecule has 182 valence electrons. The largest absolute Gasteiger partial charge is 0.490 e. The normalized spacial score (nSPS) is 11.4. The number of pyridine rings is 1. The lowest BCUT2D eigenvalue weighted by Crippen LogP contribution is -2.12. The van der Waals surface area contributed by atoms with Crippen LogP contribution in [0, 0.1) is 13.8 Å². The second-order valence-corrected chi connectivity index (χ2v) is 9.88. The summed E-state index contributed by atoms with van der Waals surface area (Å²) in [6, 6.07) is 12.7. The van der Waals surface area contributed by atoms with Gasteiger partial charge in [0, 0.05) is 22.3 Å². The molecule has 0 atom stereocenters. The van der Waals surface area contributed by atoms with E-state index in [0.717, 1.165) is 57.4 Å². The minimum Gasteiger partial charge on any atom is -0.490 e. The average Bonchev–Trinajstić information content (AvgIpc) is 2.79. The van der Waals surface area contributed by atoms with E-state index in [1.165, 1.54) is 16.7 Å². The molecule has 3 aromatic rings. The van der Waals surface area contributed by atoms with Gasteiger partial charge in [0.05, 0.1) is 17.4 Å². The van der Waals surface area contributed by atoms with E-state index in [9.17, 15) is 0 Å². The van der Waals surface area contributed by atoms with E-state index >= 15 is 0 Å². The standard InChI is InChI=1S/C30H38ClNO2/c1-9-22-12-11-13-23(10-2)30(22)27-16-29(34-19(5)6)25(21(8)32-27)17-33-28-14-20(7)26(31)15-24(28)18(3)4/h11-16,18-19H,9-10,17H2,1-8H3. The Morgan fingerprint density at radius 2 is 1.56 bits per heavy atom. The van der Waals surface area contributed by atoms with Gasteiger partial charge in [0.25, 0.3) is 0 Å². The van der Waals surface area contributed by atoms with Crippen molar-refractivity contribution in [1.29, 1.82) is 0 Å². The molecule has 0 fully saturated rings. The minimum atomic E-state index is 0.0458. The van der Waals surface area contributed by atoms with Crippen LogP contribution >= 0.6 is 11.6 Å². The summed E-state index contributed by atoms with van der Waals surface area (Å²) in [7, 11) is 0. The van der Waals surface area contributed by atoms with Crippen molar-refractivity contribution in [3.05, 3.63) is 74.9 Å². The number of hydrogen-bond donors (Lipinski definition) is 0. The van der Waals surface area contributed by atoms with Crippen molar-refractivity contribution < 1.29 is 9.47 Å². The van der Waals surface area contributed by atoms with Gasteiger partial charge in [-0.3, -0.25) is 4.98 Å². The third-order valence-electron chi connectivity index (χ3n) is 6.19. The van der Waals surface area contributed by atoms with E-state index in [-0.39, 0.29) is 6.10 Å². The highest BCUT2D eigenvalue weighted by Crippen LogP contribution is 2.36. The van der Waals surface area contributed by atoms with E-state index < -0.39 is 0 Å². The van der Waals surface area contributed by atoms with Crippen LogP contribution in [0.4, 0.5) is 0 Å². The van der Waals surface area contributed by atoms with Crippen molar-refractivity contribution >= 4 is 11.6 Å². The molecular weight excluding hydrogens is 442 g/mol. The quantitative estimate of drug-likeness (QED) is 0.307. The van der Waals surface area contributed by atoms with Crippen LogP contribution in [0.25, 0.3) is 11.3 Å². The molecule has 0 unspecified atom stereocenters. The first kappa shape index (κ1) is 26.1. The van der Waals surface area contributed by atoms with Gasteiger partial charge in [-0.05, 0) is 80.8 Å². The van der Waals surface area contributed by atoms with E-state index in [1.807, 2.05) is 26.0 Å². The highest BCUT2D eigenvalue weighted by Gasteiger charge is 2.19. The maximum absolute atomic E-state index is 6.39. The molecule has 0 bridgehead atoms. The van der Waals surface area contributed by atoms with Crippen LogP contribution in [0.2, 0.25) is 5.02 Å². The number of aromatic nitrogens is 1. The van der Waals surface area contributed by atoms with Gasteiger partial charge in [-0.15, -0.1) is 0 Å². The molecule has 0 aliphatic heterocycles. The Kier molecular flexibility index (Phi) is 8.65. The predicted octanol–water partition coefficient (Wildman–Crippen LogP) is 8.63. The molecule has 1 aromatic heterocycles. The fourth-order valence-electron chi connectivity index (χ4n) is 4.30. The zero-order valence-electron chi connectivity index (χ0n) is 21.9. The Morgan fingerprint density at radius 1 is 0.912 bits per heavy atom. The highest BCUT2D eigenvalue weighted by molar-refractivity contribution is 6.31. The number of ether oxygens (including phenoxy) is 2. The molecule has 0 N–H and O–H groups in total. The van der Waals surface area contributed by atoms with Crippen molar-refractivity contribution in [2.75, 3.05) is 0 Å². The summed E-state index contributed by atoms with van der Waals surface area (Å²) < 4.78 is 12.7. The molecule has 2 aromatic carbocycles. The van der Waals surface area contributed by atoms with Gasteiger partial charge in [-0.25, -0.2) is 0 Å². The number of rotatable bonds is 9. The van der Waals surface area contributed by atoms with Crippen LogP contribution in [-0.4, -0.2) is 11.1 Å². The molecule has 3 rings (SSSR count). The fourth-order valence-corrected chi connectivity index (χ4v) is 4.47. The van der Waals surface area contributed by atoms with Crippen molar-refractivity contribution in [2.45, 2.75) is 86.9 Å². The van der Waals surface area contributed by atoms with Crippen LogP contribution in [0.3, 0.4) is 0 Å². The van der Waals surface area contributed by atoms with E-state index in [0.29, 0.717) is 12.5 Å². The first-order valence-electron chi connectivity index (χ1n) is 12.4. The van der Waals surface area contributed by atoms with Crippen LogP contribution in [0.5, 0.6) is 11.5 Å². The molecule has 0 radical (unpaired) electrons. The maximum Gasteiger partial charge on any atom is 0.130 e. The second kappa shape index (κ2) is 11.3. The van der Waals surface area contributed by atoms with Crippen LogP contribution < -0.4 is 9.47 Å². The smallest absolute Gasteiger partial charge is 0.130 e. The van der Waals surface area contributed by atoms with Crippen LogP contribution in [0.1, 0.15) is 81.0 Å². The maximum atomic E-state index is 6.39. The molecular formula is C30H38ClNO2. The lowest BCUT2D eigenvalue weighted by molar-refractivity contribution is 0.229. The molecule has 0 amide bonds. The zero-order valence-corrected chi connectivity index (χ0v) is 22.6. The third kappa shape index (κ3) is 5.75. The van der Waals surface area contributed by atoms with Crippen molar-refractivity contribution in [2.24, 2.45) is 0 Å². The Balaban J connectivity index is 2.06. The molecule has 0 saturated carbocycles. The van der Waals surface area contributed by atoms with Gasteiger partial charge in [0.15, 0.2) is 0 Å². The summed E-state index contributed by atoms with van der Waals surface area (Å²) >= 11 is 6.39. The number of halogens is 1. The molecule has 0 spiro atoms. The predicted molar refractivity (Wildman–Crippen MR) is 144 cm³/mol. The van der Waals surface area contributed by atoms with Gasteiger partial charge in [0.1, 0.15) is 18.1 Å². The summed E-state index contributed by atoms with van der Waals surface area (Å²) in [5.74, 6) is 2.00. The summed E-state index contributed by atoms with van der Waals surface area (Å²) in [4.78, 5) is 5.05. The topological polar surface area (TPSA) is 31.4 Å². The van der Waals surface area contributed by atoms with Crippen molar-refractivity contribution in [3.63, 3.8) is 0 Å². The van der Waals surface area contributed by atoms with Gasteiger partial charge < -0.3 is 9.47 Å². The van der Waals surface area contributed by atoms with Crippen LogP contribution in [0.15, 0.2) is 36.4 Å². The Hall–Kier alpha value is -2.52. The number of hydrogen-bond acceptors (Lipinski definition) is 3. The first-order chi connectivity index (χ1) is 16.2. The van der Waals surface area contributed by atoms with Gasteiger partial charge in [0.2, 0.25) is 0 Å². The molecule has 34 heavy (non-hydrogen) atoms. The Morgan fingerprint density at radius 3 is 2.12 bits per heavy atom. The highest BCUT2D eigenvalue weighted by atomic mass is 35.5. The molecule has 3 nitrogen and oxygen atoms in total. The Bertz CT molecular complexity index is 1130. The molecule has 4 heteroatoms. The first-order valence-corrected chi connectivity index (χ1v) is 12.7. The molecule has 0 aliphatic carbocycles. The molecule has 0 aliphatic rings. The number of benzene rings is 2. The van der Waals surface area contributed by atoms with Crippen molar-refractivity contribution in [3.8, 4) is 22.8 Å². The SMILES string of the molecule is CCc1cccc(CC)c1-c1cc(OC(C)C)c(COc2cc(C)c(Cl)cc2C(C)C)c(C)n1. The second-order valence-electron chi connectivity index (χ2n) is 9.48. The van der Waals surface area contributed by atoms with E-state index in [1.54, 1.807) is 0 Å². The fraction of sp³-hybridized carbons (Fsp3) is 0.433. The van der Waals surface area contributed by atoms with Gasteiger partial charge in [-0.2, -0.15) is 0 Å². The van der Waals surface area contributed by atoms with Gasteiger partial charge >= 0.3 is 0 Å². The molecule has 0 saturated heterocycles. The van der Waals surface area contributed by atoms with Crippen LogP contribution in [-0.2, 0) is 19.4 Å². The lowest BCUT2D eigenvalue weighted by atomic mass is 9.94. The van der Waals surface area contributed by atoms with E-state index in [2.05, 4.69) is 65.8 Å². The van der Waals surface area contributed by atoms with E-state index in [4.69, 9.17) is 26.1 Å². The summed E-state index contributed by atoms with van der Waals surface area (Å²) in [5, 5.41) is 0.767. The van der Waals surface area contributed by atoms with Crippen molar-refractivity contribution in [1.82, 2.24) is 4.98 Å². The average molecular weight is 480 g/mol.